The number of aromatic nitrogens is 1. The van der Waals surface area contributed by atoms with Crippen LogP contribution in [0.15, 0.2) is 90.0 Å². The maximum atomic E-state index is 13.6. The van der Waals surface area contributed by atoms with Crippen molar-refractivity contribution in [2.45, 2.75) is 31.2 Å². The van der Waals surface area contributed by atoms with Gasteiger partial charge >= 0.3 is 0 Å². The summed E-state index contributed by atoms with van der Waals surface area (Å²) in [5.74, 6) is -0.232. The number of H-pyrrole nitrogens is 1. The topological polar surface area (TPSA) is 73.5 Å². The fourth-order valence-corrected chi connectivity index (χ4v) is 5.84. The second kappa shape index (κ2) is 11.7. The molecule has 0 saturated heterocycles. The van der Waals surface area contributed by atoms with E-state index >= 15 is 0 Å². The van der Waals surface area contributed by atoms with Crippen molar-refractivity contribution in [1.82, 2.24) is 14.2 Å². The molecule has 0 spiro atoms. The molecule has 3 aromatic carbocycles. The van der Waals surface area contributed by atoms with Crippen LogP contribution in [0.2, 0.25) is 5.02 Å². The Morgan fingerprint density at radius 3 is 2.33 bits per heavy atom. The summed E-state index contributed by atoms with van der Waals surface area (Å²) in [7, 11) is -3.85. The molecule has 0 atom stereocenters. The molecule has 188 valence electrons. The van der Waals surface area contributed by atoms with Crippen molar-refractivity contribution in [3.8, 4) is 0 Å². The Labute approximate surface area is 217 Å². The van der Waals surface area contributed by atoms with Crippen LogP contribution in [-0.2, 0) is 27.8 Å². The summed E-state index contributed by atoms with van der Waals surface area (Å²) in [6, 6.07) is 23.9. The largest absolute Gasteiger partial charge is 0.361 e. The van der Waals surface area contributed by atoms with E-state index in [1.165, 1.54) is 16.4 Å². The monoisotopic (exact) mass is 523 g/mol. The van der Waals surface area contributed by atoms with E-state index in [1.54, 1.807) is 17.0 Å². The Bertz CT molecular complexity index is 1400. The zero-order chi connectivity index (χ0) is 25.5. The Morgan fingerprint density at radius 2 is 1.61 bits per heavy atom. The summed E-state index contributed by atoms with van der Waals surface area (Å²) >= 11 is 5.95. The molecule has 8 heteroatoms. The van der Waals surface area contributed by atoms with E-state index in [0.717, 1.165) is 22.0 Å². The van der Waals surface area contributed by atoms with Crippen LogP contribution in [0.5, 0.6) is 0 Å². The first kappa shape index (κ1) is 25.9. The molecule has 0 radical (unpaired) electrons. The normalized spacial score (nSPS) is 11.8. The second-order valence-electron chi connectivity index (χ2n) is 8.70. The lowest BCUT2D eigenvalue weighted by Gasteiger charge is -2.27. The number of hydrogen-bond acceptors (Lipinski definition) is 3. The highest BCUT2D eigenvalue weighted by atomic mass is 35.5. The Balaban J connectivity index is 1.56. The number of carbonyl (C=O) groups excluding carboxylic acids is 1. The van der Waals surface area contributed by atoms with Gasteiger partial charge in [0.1, 0.15) is 0 Å². The van der Waals surface area contributed by atoms with E-state index in [0.29, 0.717) is 31.0 Å². The van der Waals surface area contributed by atoms with Crippen LogP contribution in [0.3, 0.4) is 0 Å². The number of fused-ring (bicyclic) bond motifs is 1. The smallest absolute Gasteiger partial charge is 0.243 e. The van der Waals surface area contributed by atoms with Gasteiger partial charge in [-0.25, -0.2) is 8.42 Å². The molecule has 0 unspecified atom stereocenters. The molecule has 0 aliphatic heterocycles. The van der Waals surface area contributed by atoms with Gasteiger partial charge in [0.25, 0.3) is 0 Å². The molecule has 0 saturated carbocycles. The summed E-state index contributed by atoms with van der Waals surface area (Å²) in [4.78, 5) is 18.7. The first-order valence-electron chi connectivity index (χ1n) is 12.0. The average molecular weight is 524 g/mol. The SMILES string of the molecule is CCCN(CC(=O)N(CCc1c[nH]c2ccccc12)Cc1ccccc1)S(=O)(=O)c1ccc(Cl)cc1. The van der Waals surface area contributed by atoms with Gasteiger partial charge in [-0.15, -0.1) is 0 Å². The zero-order valence-electron chi connectivity index (χ0n) is 20.2. The molecule has 0 bridgehead atoms. The molecule has 0 aliphatic rings. The van der Waals surface area contributed by atoms with Crippen LogP contribution in [0.4, 0.5) is 0 Å². The standard InChI is InChI=1S/C28H30ClN3O3S/c1-2-17-32(36(34,35)25-14-12-24(29)13-15-25)21-28(33)31(20-22-8-4-3-5-9-22)18-16-23-19-30-27-11-7-6-10-26(23)27/h3-15,19,30H,2,16-18,20-21H2,1H3. The summed E-state index contributed by atoms with van der Waals surface area (Å²) in [6.45, 7) is 2.80. The number of nitrogens with one attached hydrogen (secondary N) is 1. The van der Waals surface area contributed by atoms with E-state index in [9.17, 15) is 13.2 Å². The van der Waals surface area contributed by atoms with Gasteiger partial charge in [-0.1, -0.05) is 67.1 Å². The third kappa shape index (κ3) is 6.16. The summed E-state index contributed by atoms with van der Waals surface area (Å²) < 4.78 is 28.0. The van der Waals surface area contributed by atoms with Crippen LogP contribution < -0.4 is 0 Å². The van der Waals surface area contributed by atoms with Gasteiger partial charge in [0.15, 0.2) is 0 Å². The van der Waals surface area contributed by atoms with Crippen molar-refractivity contribution in [3.05, 3.63) is 101 Å². The number of rotatable bonds is 11. The highest BCUT2D eigenvalue weighted by Gasteiger charge is 2.28. The predicted octanol–water partition coefficient (Wildman–Crippen LogP) is 5.49. The van der Waals surface area contributed by atoms with Crippen molar-refractivity contribution in [3.63, 3.8) is 0 Å². The Hall–Kier alpha value is -3.13. The Kier molecular flexibility index (Phi) is 8.46. The van der Waals surface area contributed by atoms with Crippen LogP contribution >= 0.6 is 11.6 Å². The number of carbonyl (C=O) groups is 1. The molecule has 1 heterocycles. The third-order valence-electron chi connectivity index (χ3n) is 6.13. The van der Waals surface area contributed by atoms with Crippen LogP contribution in [0.25, 0.3) is 10.9 Å². The first-order chi connectivity index (χ1) is 17.4. The fraction of sp³-hybridized carbons (Fsp3) is 0.250. The van der Waals surface area contributed by atoms with Gasteiger partial charge in [-0.05, 0) is 54.3 Å². The first-order valence-corrected chi connectivity index (χ1v) is 13.8. The molecule has 36 heavy (non-hydrogen) atoms. The quantitative estimate of drug-likeness (QED) is 0.282. The second-order valence-corrected chi connectivity index (χ2v) is 11.1. The van der Waals surface area contributed by atoms with Gasteiger partial charge < -0.3 is 9.88 Å². The molecule has 4 rings (SSSR count). The molecule has 1 amide bonds. The van der Waals surface area contributed by atoms with Gasteiger partial charge in [0.05, 0.1) is 11.4 Å². The van der Waals surface area contributed by atoms with Gasteiger partial charge in [-0.3, -0.25) is 4.79 Å². The van der Waals surface area contributed by atoms with Crippen molar-refractivity contribution in [2.24, 2.45) is 0 Å². The van der Waals surface area contributed by atoms with Crippen molar-refractivity contribution in [1.29, 1.82) is 0 Å². The molecule has 1 aromatic heterocycles. The zero-order valence-corrected chi connectivity index (χ0v) is 21.8. The number of halogens is 1. The number of aromatic amines is 1. The average Bonchev–Trinajstić information content (AvgIpc) is 3.30. The van der Waals surface area contributed by atoms with Crippen molar-refractivity contribution < 1.29 is 13.2 Å². The molecular formula is C28H30ClN3O3S. The molecule has 1 N–H and O–H groups in total. The highest BCUT2D eigenvalue weighted by molar-refractivity contribution is 7.89. The Morgan fingerprint density at radius 1 is 0.917 bits per heavy atom. The lowest BCUT2D eigenvalue weighted by Crippen LogP contribution is -2.43. The maximum absolute atomic E-state index is 13.6. The van der Waals surface area contributed by atoms with Crippen LogP contribution in [-0.4, -0.2) is 48.1 Å². The van der Waals surface area contributed by atoms with E-state index in [2.05, 4.69) is 11.1 Å². The van der Waals surface area contributed by atoms with Crippen LogP contribution in [0, 0.1) is 0 Å². The van der Waals surface area contributed by atoms with Gasteiger partial charge in [0, 0.05) is 41.8 Å². The van der Waals surface area contributed by atoms with E-state index in [-0.39, 0.29) is 23.9 Å². The molecule has 4 aromatic rings. The minimum Gasteiger partial charge on any atom is -0.361 e. The van der Waals surface area contributed by atoms with Gasteiger partial charge in [0.2, 0.25) is 15.9 Å². The maximum Gasteiger partial charge on any atom is 0.243 e. The van der Waals surface area contributed by atoms with E-state index in [4.69, 9.17) is 11.6 Å². The molecular weight excluding hydrogens is 494 g/mol. The number of para-hydroxylation sites is 1. The van der Waals surface area contributed by atoms with Crippen LogP contribution in [0.1, 0.15) is 24.5 Å². The number of amides is 1. The van der Waals surface area contributed by atoms with Crippen molar-refractivity contribution in [2.75, 3.05) is 19.6 Å². The minimum absolute atomic E-state index is 0.126. The van der Waals surface area contributed by atoms with Gasteiger partial charge in [-0.2, -0.15) is 4.31 Å². The number of hydrogen-bond donors (Lipinski definition) is 1. The summed E-state index contributed by atoms with van der Waals surface area (Å²) in [5.41, 5.74) is 3.17. The van der Waals surface area contributed by atoms with E-state index < -0.39 is 10.0 Å². The minimum atomic E-state index is -3.85. The lowest BCUT2D eigenvalue weighted by molar-refractivity contribution is -0.132. The van der Waals surface area contributed by atoms with E-state index in [1.807, 2.05) is 61.7 Å². The number of nitrogens with zero attached hydrogens (tertiary/aromatic N) is 2. The molecule has 6 nitrogen and oxygen atoms in total. The number of benzene rings is 3. The third-order valence-corrected chi connectivity index (χ3v) is 8.24. The summed E-state index contributed by atoms with van der Waals surface area (Å²) in [6.07, 6.45) is 3.22. The highest BCUT2D eigenvalue weighted by Crippen LogP contribution is 2.21. The molecule has 0 fully saturated rings. The van der Waals surface area contributed by atoms with Crippen molar-refractivity contribution >= 4 is 38.4 Å². The predicted molar refractivity (Wildman–Crippen MR) is 144 cm³/mol. The summed E-state index contributed by atoms with van der Waals surface area (Å²) in [5, 5.41) is 1.58. The fourth-order valence-electron chi connectivity index (χ4n) is 4.23. The lowest BCUT2D eigenvalue weighted by atomic mass is 10.1. The number of sulfonamides is 1. The molecule has 0 aliphatic carbocycles.